The summed E-state index contributed by atoms with van der Waals surface area (Å²) in [6, 6.07) is -0.176. The SMILES string of the molecule is CC1(O)CCCN(C(=O)NCCCCC(=O)O)C1. The van der Waals surface area contributed by atoms with Gasteiger partial charge in [-0.05, 0) is 32.6 Å². The Hall–Kier alpha value is -1.30. The molecule has 0 radical (unpaired) electrons. The number of aliphatic carboxylic acids is 1. The van der Waals surface area contributed by atoms with Gasteiger partial charge in [0, 0.05) is 19.5 Å². The Morgan fingerprint density at radius 2 is 2.11 bits per heavy atom. The molecule has 104 valence electrons. The number of rotatable bonds is 5. The number of unbranched alkanes of at least 4 members (excludes halogenated alkanes) is 1. The van der Waals surface area contributed by atoms with E-state index in [2.05, 4.69) is 5.32 Å². The van der Waals surface area contributed by atoms with Crippen LogP contribution in [0.2, 0.25) is 0 Å². The van der Waals surface area contributed by atoms with Gasteiger partial charge in [-0.2, -0.15) is 0 Å². The summed E-state index contributed by atoms with van der Waals surface area (Å²) in [5.74, 6) is -0.812. The quantitative estimate of drug-likeness (QED) is 0.636. The van der Waals surface area contributed by atoms with E-state index in [1.807, 2.05) is 0 Å². The smallest absolute Gasteiger partial charge is 0.317 e. The van der Waals surface area contributed by atoms with Gasteiger partial charge in [-0.25, -0.2) is 4.79 Å². The molecular formula is C12H22N2O4. The number of β-amino-alcohol motifs (C(OH)–C–C–N with tert-alkyl or cyclic N) is 1. The lowest BCUT2D eigenvalue weighted by molar-refractivity contribution is -0.137. The predicted molar refractivity (Wildman–Crippen MR) is 66.3 cm³/mol. The van der Waals surface area contributed by atoms with Crippen molar-refractivity contribution in [1.82, 2.24) is 10.2 Å². The summed E-state index contributed by atoms with van der Waals surface area (Å²) in [4.78, 5) is 23.7. The number of hydrogen-bond acceptors (Lipinski definition) is 3. The number of likely N-dealkylation sites (tertiary alicyclic amines) is 1. The van der Waals surface area contributed by atoms with Crippen LogP contribution in [-0.4, -0.2) is 52.3 Å². The van der Waals surface area contributed by atoms with Gasteiger partial charge in [-0.3, -0.25) is 4.79 Å². The standard InChI is InChI=1S/C12H22N2O4/c1-12(18)6-4-8-14(9-12)11(17)13-7-3-2-5-10(15)16/h18H,2-9H2,1H3,(H,13,17)(H,15,16). The molecule has 2 amide bonds. The molecule has 1 fully saturated rings. The molecule has 1 atom stereocenters. The zero-order valence-corrected chi connectivity index (χ0v) is 10.8. The van der Waals surface area contributed by atoms with E-state index >= 15 is 0 Å². The van der Waals surface area contributed by atoms with E-state index in [-0.39, 0.29) is 12.5 Å². The number of hydrogen-bond donors (Lipinski definition) is 3. The minimum Gasteiger partial charge on any atom is -0.481 e. The lowest BCUT2D eigenvalue weighted by Gasteiger charge is -2.36. The molecule has 1 aliphatic heterocycles. The largest absolute Gasteiger partial charge is 0.481 e. The van der Waals surface area contributed by atoms with E-state index in [0.29, 0.717) is 32.5 Å². The normalized spacial score (nSPS) is 23.8. The van der Waals surface area contributed by atoms with Crippen LogP contribution in [0, 0.1) is 0 Å². The minimum absolute atomic E-state index is 0.133. The first-order chi connectivity index (χ1) is 8.41. The first-order valence-electron chi connectivity index (χ1n) is 6.38. The summed E-state index contributed by atoms with van der Waals surface area (Å²) < 4.78 is 0. The van der Waals surface area contributed by atoms with Crippen LogP contribution in [0.15, 0.2) is 0 Å². The second-order valence-electron chi connectivity index (χ2n) is 5.10. The maximum Gasteiger partial charge on any atom is 0.317 e. The first-order valence-corrected chi connectivity index (χ1v) is 6.38. The zero-order valence-electron chi connectivity index (χ0n) is 10.8. The molecule has 0 bridgehead atoms. The summed E-state index contributed by atoms with van der Waals surface area (Å²) in [5.41, 5.74) is -0.793. The van der Waals surface area contributed by atoms with E-state index in [1.54, 1.807) is 11.8 Å². The summed E-state index contributed by atoms with van der Waals surface area (Å²) in [7, 11) is 0. The topological polar surface area (TPSA) is 89.9 Å². The molecule has 0 aromatic heterocycles. The fraction of sp³-hybridized carbons (Fsp3) is 0.833. The monoisotopic (exact) mass is 258 g/mol. The van der Waals surface area contributed by atoms with Crippen molar-refractivity contribution in [3.8, 4) is 0 Å². The molecule has 0 aromatic carbocycles. The Morgan fingerprint density at radius 1 is 1.39 bits per heavy atom. The van der Waals surface area contributed by atoms with Crippen molar-refractivity contribution in [3.05, 3.63) is 0 Å². The molecule has 6 heteroatoms. The van der Waals surface area contributed by atoms with Gasteiger partial charge in [0.25, 0.3) is 0 Å². The summed E-state index contributed by atoms with van der Waals surface area (Å²) in [6.07, 6.45) is 2.87. The summed E-state index contributed by atoms with van der Waals surface area (Å²) in [6.45, 7) is 3.23. The molecule has 0 spiro atoms. The third-order valence-electron chi connectivity index (χ3n) is 3.06. The van der Waals surface area contributed by atoms with Crippen molar-refractivity contribution in [2.75, 3.05) is 19.6 Å². The van der Waals surface area contributed by atoms with Gasteiger partial charge in [0.05, 0.1) is 12.1 Å². The van der Waals surface area contributed by atoms with E-state index in [4.69, 9.17) is 5.11 Å². The Kier molecular flexibility index (Phi) is 5.40. The third-order valence-corrected chi connectivity index (χ3v) is 3.06. The zero-order chi connectivity index (χ0) is 13.6. The van der Waals surface area contributed by atoms with E-state index in [9.17, 15) is 14.7 Å². The highest BCUT2D eigenvalue weighted by atomic mass is 16.4. The van der Waals surface area contributed by atoms with Crippen molar-refractivity contribution in [3.63, 3.8) is 0 Å². The maximum absolute atomic E-state index is 11.8. The number of carbonyl (C=O) groups is 2. The van der Waals surface area contributed by atoms with Crippen LogP contribution in [0.25, 0.3) is 0 Å². The number of aliphatic hydroxyl groups is 1. The van der Waals surface area contributed by atoms with Crippen molar-refractivity contribution < 1.29 is 19.8 Å². The first kappa shape index (κ1) is 14.8. The molecule has 18 heavy (non-hydrogen) atoms. The van der Waals surface area contributed by atoms with Crippen LogP contribution < -0.4 is 5.32 Å². The number of carboxylic acids is 1. The highest BCUT2D eigenvalue weighted by Gasteiger charge is 2.30. The van der Waals surface area contributed by atoms with Crippen LogP contribution in [-0.2, 0) is 4.79 Å². The third kappa shape index (κ3) is 5.35. The van der Waals surface area contributed by atoms with Gasteiger partial charge in [0.2, 0.25) is 0 Å². The van der Waals surface area contributed by atoms with Crippen LogP contribution in [0.4, 0.5) is 4.79 Å². The molecule has 0 saturated carbocycles. The lowest BCUT2D eigenvalue weighted by Crippen LogP contribution is -2.51. The molecule has 1 heterocycles. The van der Waals surface area contributed by atoms with E-state index in [0.717, 1.165) is 12.8 Å². The number of nitrogens with zero attached hydrogens (tertiary/aromatic N) is 1. The van der Waals surface area contributed by atoms with Gasteiger partial charge in [0.1, 0.15) is 0 Å². The summed E-state index contributed by atoms with van der Waals surface area (Å²) in [5, 5.41) is 21.1. The molecule has 1 unspecified atom stereocenters. The Labute approximate surface area is 107 Å². The van der Waals surface area contributed by atoms with Crippen LogP contribution >= 0.6 is 0 Å². The number of urea groups is 1. The molecule has 1 saturated heterocycles. The van der Waals surface area contributed by atoms with Crippen LogP contribution in [0.3, 0.4) is 0 Å². The van der Waals surface area contributed by atoms with Crippen molar-refractivity contribution >= 4 is 12.0 Å². The summed E-state index contributed by atoms with van der Waals surface area (Å²) >= 11 is 0. The highest BCUT2D eigenvalue weighted by molar-refractivity contribution is 5.74. The molecule has 0 aromatic rings. The number of piperidine rings is 1. The molecule has 0 aliphatic carbocycles. The van der Waals surface area contributed by atoms with Crippen molar-refractivity contribution in [2.24, 2.45) is 0 Å². The minimum atomic E-state index is -0.812. The van der Waals surface area contributed by atoms with Gasteiger partial charge in [-0.1, -0.05) is 0 Å². The number of nitrogens with one attached hydrogen (secondary N) is 1. The highest BCUT2D eigenvalue weighted by Crippen LogP contribution is 2.19. The van der Waals surface area contributed by atoms with Crippen molar-refractivity contribution in [2.45, 2.75) is 44.6 Å². The fourth-order valence-electron chi connectivity index (χ4n) is 2.10. The molecule has 1 rings (SSSR count). The van der Waals surface area contributed by atoms with E-state index in [1.165, 1.54) is 0 Å². The van der Waals surface area contributed by atoms with Crippen LogP contribution in [0.1, 0.15) is 39.0 Å². The Balaban J connectivity index is 2.18. The molecule has 1 aliphatic rings. The van der Waals surface area contributed by atoms with Gasteiger partial charge in [0.15, 0.2) is 0 Å². The average molecular weight is 258 g/mol. The van der Waals surface area contributed by atoms with E-state index < -0.39 is 11.6 Å². The average Bonchev–Trinajstić information content (AvgIpc) is 2.26. The van der Waals surface area contributed by atoms with Crippen LogP contribution in [0.5, 0.6) is 0 Å². The van der Waals surface area contributed by atoms with Gasteiger partial charge < -0.3 is 20.4 Å². The second kappa shape index (κ2) is 6.58. The fourth-order valence-corrected chi connectivity index (χ4v) is 2.10. The molecular weight excluding hydrogens is 236 g/mol. The maximum atomic E-state index is 11.8. The number of amides is 2. The van der Waals surface area contributed by atoms with Gasteiger partial charge >= 0.3 is 12.0 Å². The Bertz CT molecular complexity index is 304. The number of carboxylic acid groups (broad SMARTS) is 1. The molecule has 6 nitrogen and oxygen atoms in total. The van der Waals surface area contributed by atoms with Crippen molar-refractivity contribution in [1.29, 1.82) is 0 Å². The molecule has 3 N–H and O–H groups in total. The second-order valence-corrected chi connectivity index (χ2v) is 5.10. The Morgan fingerprint density at radius 3 is 2.72 bits per heavy atom. The number of carbonyl (C=O) groups excluding carboxylic acids is 1. The lowest BCUT2D eigenvalue weighted by atomic mass is 9.95. The predicted octanol–water partition coefficient (Wildman–Crippen LogP) is 0.798. The van der Waals surface area contributed by atoms with Gasteiger partial charge in [-0.15, -0.1) is 0 Å².